The third-order valence-electron chi connectivity index (χ3n) is 7.47. The van der Waals surface area contributed by atoms with Gasteiger partial charge in [-0.25, -0.2) is 8.42 Å². The van der Waals surface area contributed by atoms with Crippen LogP contribution < -0.4 is 16.8 Å². The van der Waals surface area contributed by atoms with Crippen LogP contribution in [0.25, 0.3) is 5.69 Å². The highest BCUT2D eigenvalue weighted by Gasteiger charge is 2.43. The van der Waals surface area contributed by atoms with Crippen molar-refractivity contribution in [2.45, 2.75) is 76.2 Å². The Balaban J connectivity index is 1.49. The van der Waals surface area contributed by atoms with E-state index in [2.05, 4.69) is 5.32 Å². The maximum Gasteiger partial charge on any atom is 0.319 e. The Morgan fingerprint density at radius 1 is 1.16 bits per heavy atom. The molecule has 1 amide bonds. The molecule has 5 N–H and O–H groups in total. The number of ether oxygens (including phenoxy) is 2. The molecule has 11 heteroatoms. The highest BCUT2D eigenvalue weighted by molar-refractivity contribution is 7.91. The van der Waals surface area contributed by atoms with Gasteiger partial charge in [0, 0.05) is 28.7 Å². The lowest BCUT2D eigenvalue weighted by atomic mass is 9.89. The van der Waals surface area contributed by atoms with E-state index in [9.17, 15) is 18.0 Å². The normalized spacial score (nSPS) is 23.6. The molecule has 0 unspecified atom stereocenters. The molecule has 0 atom stereocenters. The Morgan fingerprint density at radius 2 is 1.89 bits per heavy atom. The minimum atomic E-state index is -3.47. The number of sulfone groups is 1. The molecule has 10 nitrogen and oxygen atoms in total. The number of carbonyl (C=O) groups is 2. The molecule has 1 saturated carbocycles. The highest BCUT2D eigenvalue weighted by Crippen LogP contribution is 2.44. The molecule has 1 fully saturated rings. The van der Waals surface area contributed by atoms with Crippen molar-refractivity contribution >= 4 is 27.4 Å². The molecule has 0 radical (unpaired) electrons. The van der Waals surface area contributed by atoms with Crippen molar-refractivity contribution < 1.29 is 27.5 Å². The van der Waals surface area contributed by atoms with Gasteiger partial charge in [0.2, 0.25) is 0 Å². The molecule has 0 saturated heterocycles. The molecule has 1 aromatic carbocycles. The summed E-state index contributed by atoms with van der Waals surface area (Å²) in [5.74, 6) is -0.858. The van der Waals surface area contributed by atoms with Gasteiger partial charge in [0.05, 0.1) is 41.7 Å². The number of nitrogens with two attached hydrogens (primary N) is 2. The van der Waals surface area contributed by atoms with E-state index >= 15 is 0 Å². The van der Waals surface area contributed by atoms with E-state index in [1.807, 2.05) is 30.5 Å². The number of hydrogen-bond acceptors (Lipinski definition) is 8. The van der Waals surface area contributed by atoms with Gasteiger partial charge in [0.1, 0.15) is 6.10 Å². The Labute approximate surface area is 216 Å². The number of anilines is 1. The number of aromatic nitrogens is 1. The first kappa shape index (κ1) is 25.7. The van der Waals surface area contributed by atoms with Crippen molar-refractivity contribution in [3.63, 3.8) is 0 Å². The van der Waals surface area contributed by atoms with Gasteiger partial charge in [-0.1, -0.05) is 13.8 Å². The van der Waals surface area contributed by atoms with Crippen LogP contribution in [0.3, 0.4) is 0 Å². The van der Waals surface area contributed by atoms with Crippen LogP contribution in [0, 0.1) is 5.41 Å². The number of rotatable bonds is 6. The Bertz CT molecular complexity index is 1360. The first-order chi connectivity index (χ1) is 17.5. The summed E-state index contributed by atoms with van der Waals surface area (Å²) in [7, 11) is -3.47. The van der Waals surface area contributed by atoms with Crippen LogP contribution in [0.1, 0.15) is 66.8 Å². The van der Waals surface area contributed by atoms with Gasteiger partial charge in [0.15, 0.2) is 9.84 Å². The van der Waals surface area contributed by atoms with E-state index in [1.54, 1.807) is 6.07 Å². The fraction of sp³-hybridized carbons (Fsp3) is 0.538. The van der Waals surface area contributed by atoms with Crippen LogP contribution >= 0.6 is 0 Å². The van der Waals surface area contributed by atoms with E-state index in [4.69, 9.17) is 20.9 Å². The lowest BCUT2D eigenvalue weighted by molar-refractivity contribution is -0.148. The fourth-order valence-corrected chi connectivity index (χ4v) is 8.32. The molecule has 5 rings (SSSR count). The molecule has 3 aliphatic rings. The Kier molecular flexibility index (Phi) is 6.57. The van der Waals surface area contributed by atoms with Gasteiger partial charge in [0.25, 0.3) is 5.91 Å². The first-order valence-electron chi connectivity index (χ1n) is 12.7. The number of hydrogen-bond donors (Lipinski definition) is 3. The second-order valence-corrected chi connectivity index (χ2v) is 13.0. The topological polar surface area (TPSA) is 156 Å². The van der Waals surface area contributed by atoms with E-state index in [1.165, 1.54) is 0 Å². The van der Waals surface area contributed by atoms with Crippen molar-refractivity contribution in [3.8, 4) is 5.69 Å². The Hall–Kier alpha value is -2.89. The second kappa shape index (κ2) is 9.45. The van der Waals surface area contributed by atoms with Crippen LogP contribution in [0.5, 0.6) is 0 Å². The largest absolute Gasteiger partial charge is 0.461 e. The monoisotopic (exact) mass is 530 g/mol. The molecular formula is C26H34N4O6S. The SMILES string of the molecule is CC1(C)Cc2c(c3c(n2-c2ccc(C(N)=O)c(NC4CCC(OC(=O)CN)CC4)c2)COC3)S(=O)(=O)C1. The second-order valence-electron chi connectivity index (χ2n) is 11.0. The summed E-state index contributed by atoms with van der Waals surface area (Å²) >= 11 is 0. The van der Waals surface area contributed by atoms with E-state index < -0.39 is 27.1 Å². The number of benzene rings is 1. The van der Waals surface area contributed by atoms with Gasteiger partial charge < -0.3 is 30.8 Å². The lowest BCUT2D eigenvalue weighted by Gasteiger charge is -2.31. The zero-order valence-electron chi connectivity index (χ0n) is 21.2. The first-order valence-corrected chi connectivity index (χ1v) is 14.3. The van der Waals surface area contributed by atoms with Crippen molar-refractivity contribution in [1.82, 2.24) is 4.57 Å². The van der Waals surface area contributed by atoms with Crippen LogP contribution in [0.2, 0.25) is 0 Å². The lowest BCUT2D eigenvalue weighted by Crippen LogP contribution is -2.33. The van der Waals surface area contributed by atoms with Gasteiger partial charge in [-0.2, -0.15) is 0 Å². The summed E-state index contributed by atoms with van der Waals surface area (Å²) < 4.78 is 39.6. The van der Waals surface area contributed by atoms with Gasteiger partial charge in [-0.15, -0.1) is 0 Å². The Morgan fingerprint density at radius 3 is 2.57 bits per heavy atom. The smallest absolute Gasteiger partial charge is 0.319 e. The average Bonchev–Trinajstić information content (AvgIpc) is 3.38. The van der Waals surface area contributed by atoms with Crippen molar-refractivity contribution in [1.29, 1.82) is 0 Å². The summed E-state index contributed by atoms with van der Waals surface area (Å²) in [6, 6.07) is 5.43. The number of esters is 1. The maximum absolute atomic E-state index is 13.3. The molecule has 2 aromatic rings. The van der Waals surface area contributed by atoms with E-state index in [0.29, 0.717) is 42.0 Å². The highest BCUT2D eigenvalue weighted by atomic mass is 32.2. The van der Waals surface area contributed by atoms with Gasteiger partial charge in [-0.05, 0) is 55.7 Å². The number of nitrogens with one attached hydrogen (secondary N) is 1. The number of carbonyl (C=O) groups excluding carboxylic acids is 2. The quantitative estimate of drug-likeness (QED) is 0.480. The minimum Gasteiger partial charge on any atom is -0.461 e. The van der Waals surface area contributed by atoms with Gasteiger partial charge in [-0.3, -0.25) is 9.59 Å². The zero-order valence-corrected chi connectivity index (χ0v) is 22.0. The zero-order chi connectivity index (χ0) is 26.5. The summed E-state index contributed by atoms with van der Waals surface area (Å²) in [5, 5.41) is 3.47. The molecule has 0 spiro atoms. The van der Waals surface area contributed by atoms with Crippen LogP contribution in [-0.4, -0.2) is 49.3 Å². The summed E-state index contributed by atoms with van der Waals surface area (Å²) in [4.78, 5) is 24.2. The summed E-state index contributed by atoms with van der Waals surface area (Å²) in [5.41, 5.74) is 14.7. The molecule has 1 aromatic heterocycles. The summed E-state index contributed by atoms with van der Waals surface area (Å²) in [6.45, 7) is 4.40. The van der Waals surface area contributed by atoms with Crippen molar-refractivity contribution in [2.75, 3.05) is 17.6 Å². The minimum absolute atomic E-state index is 0.0631. The van der Waals surface area contributed by atoms with Crippen molar-refractivity contribution in [3.05, 3.63) is 40.7 Å². The summed E-state index contributed by atoms with van der Waals surface area (Å²) in [6.07, 6.45) is 3.34. The number of amides is 1. The molecule has 1 aliphatic carbocycles. The van der Waals surface area contributed by atoms with Crippen LogP contribution in [-0.2, 0) is 43.7 Å². The average molecular weight is 531 g/mol. The molecule has 0 bridgehead atoms. The molecule has 2 aliphatic heterocycles. The standard InChI is InChI=1S/C26H34N4O6S/c1-26(2)10-21-24(37(33,34)14-26)19-12-35-13-22(19)30(21)16-5-8-18(25(28)32)20(9-16)29-15-3-6-17(7-4-15)36-23(31)11-27/h5,8-9,15,17,29H,3-4,6-7,10-14,27H2,1-2H3,(H2,28,32). The molecular weight excluding hydrogens is 496 g/mol. The van der Waals surface area contributed by atoms with E-state index in [-0.39, 0.29) is 31.1 Å². The van der Waals surface area contributed by atoms with Gasteiger partial charge >= 0.3 is 5.97 Å². The predicted molar refractivity (Wildman–Crippen MR) is 137 cm³/mol. The van der Waals surface area contributed by atoms with E-state index in [0.717, 1.165) is 35.5 Å². The maximum atomic E-state index is 13.3. The molecule has 37 heavy (non-hydrogen) atoms. The third kappa shape index (κ3) is 4.87. The number of fused-ring (bicyclic) bond motifs is 3. The number of nitrogens with zero attached hydrogens (tertiary/aromatic N) is 1. The third-order valence-corrected chi connectivity index (χ3v) is 9.74. The van der Waals surface area contributed by atoms with Crippen LogP contribution in [0.4, 0.5) is 5.69 Å². The van der Waals surface area contributed by atoms with Crippen LogP contribution in [0.15, 0.2) is 23.1 Å². The predicted octanol–water partition coefficient (Wildman–Crippen LogP) is 2.19. The number of primary amides is 1. The fourth-order valence-electron chi connectivity index (χ4n) is 5.97. The molecule has 3 heterocycles. The van der Waals surface area contributed by atoms with Crippen molar-refractivity contribution in [2.24, 2.45) is 16.9 Å². The molecule has 200 valence electrons.